The van der Waals surface area contributed by atoms with Crippen LogP contribution in [0.2, 0.25) is 5.02 Å². The number of allylic oxidation sites excluding steroid dienone is 1. The van der Waals surface area contributed by atoms with Crippen LogP contribution in [-0.2, 0) is 0 Å². The van der Waals surface area contributed by atoms with Crippen molar-refractivity contribution in [2.75, 3.05) is 0 Å². The molecule has 0 saturated carbocycles. The van der Waals surface area contributed by atoms with E-state index in [0.717, 1.165) is 11.1 Å². The summed E-state index contributed by atoms with van der Waals surface area (Å²) in [4.78, 5) is 0. The van der Waals surface area contributed by atoms with E-state index in [1.165, 1.54) is 0 Å². The minimum absolute atomic E-state index is 0.611. The third kappa shape index (κ3) is 2.89. The van der Waals surface area contributed by atoms with E-state index >= 15 is 0 Å². The summed E-state index contributed by atoms with van der Waals surface area (Å²) in [5.74, 6) is 0. The van der Waals surface area contributed by atoms with Gasteiger partial charge in [-0.05, 0) is 37.1 Å². The van der Waals surface area contributed by atoms with Gasteiger partial charge in [0.2, 0.25) is 0 Å². The molecule has 0 heterocycles. The molecule has 14 heavy (non-hydrogen) atoms. The second-order valence-corrected chi connectivity index (χ2v) is 3.50. The highest BCUT2D eigenvalue weighted by molar-refractivity contribution is 6.30. The molecule has 0 aliphatic carbocycles. The Kier molecular flexibility index (Phi) is 3.72. The smallest absolute Gasteiger partial charge is 0.0794 e. The molecule has 0 unspecified atom stereocenters. The fraction of sp³-hybridized carbons (Fsp3) is 0.182. The van der Waals surface area contributed by atoms with Crippen LogP contribution >= 0.6 is 11.6 Å². The Balaban J connectivity index is 2.92. The number of nitrogens with zero attached hydrogens (tertiary/aromatic N) is 1. The second-order valence-electron chi connectivity index (χ2n) is 3.06. The van der Waals surface area contributed by atoms with Crippen molar-refractivity contribution >= 4 is 23.4 Å². The zero-order valence-electron chi connectivity index (χ0n) is 8.16. The lowest BCUT2D eigenvalue weighted by Gasteiger charge is -1.98. The number of hydrogen-bond donors (Lipinski definition) is 1. The first kappa shape index (κ1) is 10.8. The van der Waals surface area contributed by atoms with E-state index in [2.05, 4.69) is 5.16 Å². The minimum atomic E-state index is 0.611. The van der Waals surface area contributed by atoms with Gasteiger partial charge in [0.1, 0.15) is 0 Å². The first-order valence-electron chi connectivity index (χ1n) is 4.26. The van der Waals surface area contributed by atoms with Crippen LogP contribution in [0.4, 0.5) is 0 Å². The van der Waals surface area contributed by atoms with Crippen molar-refractivity contribution in [1.29, 1.82) is 0 Å². The van der Waals surface area contributed by atoms with Gasteiger partial charge in [0.15, 0.2) is 0 Å². The fourth-order valence-corrected chi connectivity index (χ4v) is 1.12. The van der Waals surface area contributed by atoms with Crippen LogP contribution in [0.1, 0.15) is 19.4 Å². The van der Waals surface area contributed by atoms with Crippen molar-refractivity contribution < 1.29 is 5.21 Å². The molecule has 0 aliphatic rings. The van der Waals surface area contributed by atoms with Crippen LogP contribution in [0.3, 0.4) is 0 Å². The van der Waals surface area contributed by atoms with Crippen molar-refractivity contribution in [3.8, 4) is 0 Å². The Morgan fingerprint density at radius 1 is 1.29 bits per heavy atom. The van der Waals surface area contributed by atoms with Gasteiger partial charge in [-0.15, -0.1) is 0 Å². The fourth-order valence-electron chi connectivity index (χ4n) is 0.992. The monoisotopic (exact) mass is 209 g/mol. The van der Waals surface area contributed by atoms with Crippen LogP contribution in [0.5, 0.6) is 0 Å². The maximum atomic E-state index is 8.55. The summed E-state index contributed by atoms with van der Waals surface area (Å²) in [6, 6.07) is 7.48. The van der Waals surface area contributed by atoms with Crippen LogP contribution in [0.25, 0.3) is 6.08 Å². The molecule has 0 spiro atoms. The van der Waals surface area contributed by atoms with Gasteiger partial charge in [0, 0.05) is 5.02 Å². The Bertz CT molecular complexity index is 365. The van der Waals surface area contributed by atoms with Crippen LogP contribution in [0.15, 0.2) is 35.0 Å². The first-order chi connectivity index (χ1) is 6.63. The Labute approximate surface area is 88.5 Å². The van der Waals surface area contributed by atoms with E-state index in [0.29, 0.717) is 10.7 Å². The van der Waals surface area contributed by atoms with Gasteiger partial charge in [-0.1, -0.05) is 35.0 Å². The Hall–Kier alpha value is -1.28. The van der Waals surface area contributed by atoms with Gasteiger partial charge in [-0.25, -0.2) is 0 Å². The Morgan fingerprint density at radius 3 is 2.36 bits per heavy atom. The number of oxime groups is 1. The molecule has 1 aromatic rings. The van der Waals surface area contributed by atoms with Gasteiger partial charge in [-0.3, -0.25) is 0 Å². The maximum Gasteiger partial charge on any atom is 0.0794 e. The summed E-state index contributed by atoms with van der Waals surface area (Å²) < 4.78 is 0. The molecule has 0 aliphatic heterocycles. The Morgan fingerprint density at radius 2 is 1.86 bits per heavy atom. The molecule has 0 saturated heterocycles. The quantitative estimate of drug-likeness (QED) is 0.451. The zero-order chi connectivity index (χ0) is 10.6. The summed E-state index contributed by atoms with van der Waals surface area (Å²) in [6.45, 7) is 3.64. The largest absolute Gasteiger partial charge is 0.411 e. The van der Waals surface area contributed by atoms with Crippen LogP contribution in [0, 0.1) is 0 Å². The molecular weight excluding hydrogens is 198 g/mol. The van der Waals surface area contributed by atoms with E-state index in [1.54, 1.807) is 6.92 Å². The average Bonchev–Trinajstić information content (AvgIpc) is 2.20. The number of benzene rings is 1. The topological polar surface area (TPSA) is 32.6 Å². The molecule has 0 aromatic heterocycles. The molecule has 0 fully saturated rings. The molecule has 2 nitrogen and oxygen atoms in total. The lowest BCUT2D eigenvalue weighted by Crippen LogP contribution is -1.92. The highest BCUT2D eigenvalue weighted by atomic mass is 35.5. The van der Waals surface area contributed by atoms with Crippen molar-refractivity contribution in [2.45, 2.75) is 13.8 Å². The zero-order valence-corrected chi connectivity index (χ0v) is 8.92. The minimum Gasteiger partial charge on any atom is -0.411 e. The van der Waals surface area contributed by atoms with E-state index < -0.39 is 0 Å². The molecule has 1 N–H and O–H groups in total. The highest BCUT2D eigenvalue weighted by Gasteiger charge is 1.95. The number of halogens is 1. The molecular formula is C11H12ClNO. The van der Waals surface area contributed by atoms with E-state index in [1.807, 2.05) is 37.3 Å². The van der Waals surface area contributed by atoms with E-state index in [4.69, 9.17) is 16.8 Å². The number of rotatable bonds is 2. The van der Waals surface area contributed by atoms with Crippen LogP contribution < -0.4 is 0 Å². The number of hydrogen-bond acceptors (Lipinski definition) is 2. The maximum absolute atomic E-state index is 8.55. The molecule has 1 rings (SSSR count). The van der Waals surface area contributed by atoms with Crippen molar-refractivity contribution in [1.82, 2.24) is 0 Å². The van der Waals surface area contributed by atoms with Crippen molar-refractivity contribution in [3.05, 3.63) is 40.4 Å². The van der Waals surface area contributed by atoms with Crippen molar-refractivity contribution in [3.63, 3.8) is 0 Å². The normalized spacial score (nSPS) is 13.1. The third-order valence-electron chi connectivity index (χ3n) is 1.97. The molecule has 1 aromatic carbocycles. The second kappa shape index (κ2) is 4.82. The van der Waals surface area contributed by atoms with Gasteiger partial charge in [0.05, 0.1) is 5.71 Å². The van der Waals surface area contributed by atoms with Gasteiger partial charge >= 0.3 is 0 Å². The molecule has 74 valence electrons. The lowest BCUT2D eigenvalue weighted by molar-refractivity contribution is 0.319. The molecule has 0 atom stereocenters. The standard InChI is InChI=1S/C11H12ClNO/c1-8(9(2)13-14)7-10-3-5-11(12)6-4-10/h3-7,14H,1-2H3/b8-7-,13-9-. The molecule has 0 bridgehead atoms. The SMILES string of the molecule is CC(=C/c1ccc(Cl)cc1)/C(C)=N\O. The summed E-state index contributed by atoms with van der Waals surface area (Å²) in [6.07, 6.45) is 1.94. The van der Waals surface area contributed by atoms with E-state index in [-0.39, 0.29) is 0 Å². The summed E-state index contributed by atoms with van der Waals surface area (Å²) in [5, 5.41) is 12.4. The summed E-state index contributed by atoms with van der Waals surface area (Å²) >= 11 is 5.75. The van der Waals surface area contributed by atoms with Gasteiger partial charge in [-0.2, -0.15) is 0 Å². The average molecular weight is 210 g/mol. The predicted octanol–water partition coefficient (Wildman–Crippen LogP) is 3.59. The van der Waals surface area contributed by atoms with Crippen molar-refractivity contribution in [2.24, 2.45) is 5.16 Å². The lowest BCUT2D eigenvalue weighted by atomic mass is 10.1. The summed E-state index contributed by atoms with van der Waals surface area (Å²) in [5.41, 5.74) is 2.57. The molecule has 3 heteroatoms. The summed E-state index contributed by atoms with van der Waals surface area (Å²) in [7, 11) is 0. The van der Waals surface area contributed by atoms with E-state index in [9.17, 15) is 0 Å². The molecule has 0 amide bonds. The van der Waals surface area contributed by atoms with Gasteiger partial charge in [0.25, 0.3) is 0 Å². The van der Waals surface area contributed by atoms with Crippen LogP contribution in [-0.4, -0.2) is 10.9 Å². The first-order valence-corrected chi connectivity index (χ1v) is 4.64. The molecule has 0 radical (unpaired) electrons. The predicted molar refractivity (Wildman–Crippen MR) is 60.0 cm³/mol. The third-order valence-corrected chi connectivity index (χ3v) is 2.23. The highest BCUT2D eigenvalue weighted by Crippen LogP contribution is 2.12. The van der Waals surface area contributed by atoms with Gasteiger partial charge < -0.3 is 5.21 Å².